The summed E-state index contributed by atoms with van der Waals surface area (Å²) in [6.45, 7) is 3.05. The Bertz CT molecular complexity index is 223. The molecule has 1 aromatic heterocycles. The van der Waals surface area contributed by atoms with Gasteiger partial charge in [0.2, 0.25) is 0 Å². The predicted molar refractivity (Wildman–Crippen MR) is 59.1 cm³/mol. The van der Waals surface area contributed by atoms with Crippen molar-refractivity contribution in [2.45, 2.75) is 19.4 Å². The second-order valence-electron chi connectivity index (χ2n) is 3.31. The maximum absolute atomic E-state index is 4.24. The first-order valence-corrected chi connectivity index (χ1v) is 5.18. The summed E-state index contributed by atoms with van der Waals surface area (Å²) < 4.78 is 0. The van der Waals surface area contributed by atoms with Gasteiger partial charge in [0.1, 0.15) is 0 Å². The molecule has 0 bridgehead atoms. The van der Waals surface area contributed by atoms with Crippen molar-refractivity contribution in [1.82, 2.24) is 15.6 Å². The van der Waals surface area contributed by atoms with E-state index in [-0.39, 0.29) is 0 Å². The van der Waals surface area contributed by atoms with Gasteiger partial charge in [-0.2, -0.15) is 0 Å². The quantitative estimate of drug-likeness (QED) is 0.638. The third-order valence-electron chi connectivity index (χ3n) is 2.06. The van der Waals surface area contributed by atoms with Gasteiger partial charge in [-0.25, -0.2) is 0 Å². The summed E-state index contributed by atoms with van der Waals surface area (Å²) in [5.74, 6) is 0. The van der Waals surface area contributed by atoms with Crippen LogP contribution in [0, 0.1) is 0 Å². The van der Waals surface area contributed by atoms with Gasteiger partial charge in [0, 0.05) is 12.7 Å². The average molecular weight is 193 g/mol. The summed E-state index contributed by atoms with van der Waals surface area (Å²) in [5, 5.41) is 6.51. The molecule has 3 heteroatoms. The van der Waals surface area contributed by atoms with E-state index in [0.29, 0.717) is 0 Å². The van der Waals surface area contributed by atoms with Gasteiger partial charge in [-0.3, -0.25) is 4.98 Å². The van der Waals surface area contributed by atoms with Crippen LogP contribution in [0.2, 0.25) is 0 Å². The van der Waals surface area contributed by atoms with E-state index in [9.17, 15) is 0 Å². The summed E-state index contributed by atoms with van der Waals surface area (Å²) >= 11 is 0. The van der Waals surface area contributed by atoms with E-state index in [1.165, 1.54) is 12.8 Å². The van der Waals surface area contributed by atoms with E-state index in [0.717, 1.165) is 25.3 Å². The van der Waals surface area contributed by atoms with Crippen LogP contribution in [-0.2, 0) is 6.54 Å². The maximum atomic E-state index is 4.24. The van der Waals surface area contributed by atoms with Crippen LogP contribution in [0.25, 0.3) is 0 Å². The minimum Gasteiger partial charge on any atom is -0.320 e. The highest BCUT2D eigenvalue weighted by Crippen LogP contribution is 1.92. The Kier molecular flexibility index (Phi) is 5.95. The molecule has 2 N–H and O–H groups in total. The van der Waals surface area contributed by atoms with Crippen molar-refractivity contribution in [1.29, 1.82) is 0 Å². The molecule has 0 amide bonds. The van der Waals surface area contributed by atoms with Crippen molar-refractivity contribution in [2.24, 2.45) is 0 Å². The van der Waals surface area contributed by atoms with Crippen LogP contribution >= 0.6 is 0 Å². The molecule has 0 spiro atoms. The molecule has 0 aliphatic carbocycles. The van der Waals surface area contributed by atoms with Crippen LogP contribution in [0.4, 0.5) is 0 Å². The fraction of sp³-hybridized carbons (Fsp3) is 0.545. The Balaban J connectivity index is 1.99. The van der Waals surface area contributed by atoms with Crippen molar-refractivity contribution in [3.05, 3.63) is 30.1 Å². The molecule has 78 valence electrons. The van der Waals surface area contributed by atoms with Gasteiger partial charge in [-0.1, -0.05) is 6.07 Å². The van der Waals surface area contributed by atoms with E-state index in [1.54, 1.807) is 0 Å². The number of rotatable bonds is 7. The molecule has 1 rings (SSSR count). The number of hydrogen-bond donors (Lipinski definition) is 2. The molecule has 0 fully saturated rings. The van der Waals surface area contributed by atoms with E-state index < -0.39 is 0 Å². The maximum Gasteiger partial charge on any atom is 0.0541 e. The molecule has 0 aromatic carbocycles. The third-order valence-corrected chi connectivity index (χ3v) is 2.06. The molecule has 0 radical (unpaired) electrons. The van der Waals surface area contributed by atoms with Gasteiger partial charge in [0.05, 0.1) is 5.69 Å². The van der Waals surface area contributed by atoms with Crippen LogP contribution in [0.3, 0.4) is 0 Å². The first-order chi connectivity index (χ1) is 6.93. The monoisotopic (exact) mass is 193 g/mol. The number of unbranched alkanes of at least 4 members (excludes halogenated alkanes) is 1. The predicted octanol–water partition coefficient (Wildman–Crippen LogP) is 1.17. The molecule has 0 atom stereocenters. The molecular formula is C11H19N3. The molecular weight excluding hydrogens is 174 g/mol. The summed E-state index contributed by atoms with van der Waals surface area (Å²) in [5.41, 5.74) is 1.11. The lowest BCUT2D eigenvalue weighted by atomic mass is 10.3. The lowest BCUT2D eigenvalue weighted by Gasteiger charge is -2.03. The second kappa shape index (κ2) is 7.47. The van der Waals surface area contributed by atoms with Crippen molar-refractivity contribution in [3.63, 3.8) is 0 Å². The van der Waals surface area contributed by atoms with Gasteiger partial charge in [-0.15, -0.1) is 0 Å². The Labute approximate surface area is 85.9 Å². The average Bonchev–Trinajstić information content (AvgIpc) is 2.25. The van der Waals surface area contributed by atoms with Crippen LogP contribution in [-0.4, -0.2) is 25.1 Å². The van der Waals surface area contributed by atoms with E-state index in [4.69, 9.17) is 0 Å². The fourth-order valence-corrected chi connectivity index (χ4v) is 1.27. The molecule has 0 unspecified atom stereocenters. The highest BCUT2D eigenvalue weighted by molar-refractivity contribution is 5.02. The van der Waals surface area contributed by atoms with Crippen LogP contribution in [0.15, 0.2) is 24.4 Å². The van der Waals surface area contributed by atoms with Gasteiger partial charge in [0.15, 0.2) is 0 Å². The smallest absolute Gasteiger partial charge is 0.0541 e. The van der Waals surface area contributed by atoms with Crippen LogP contribution in [0.1, 0.15) is 18.5 Å². The highest BCUT2D eigenvalue weighted by Gasteiger charge is 1.91. The van der Waals surface area contributed by atoms with Gasteiger partial charge >= 0.3 is 0 Å². The molecule has 0 aliphatic rings. The summed E-state index contributed by atoms with van der Waals surface area (Å²) in [4.78, 5) is 4.24. The van der Waals surface area contributed by atoms with Gasteiger partial charge in [-0.05, 0) is 45.1 Å². The largest absolute Gasteiger partial charge is 0.320 e. The molecule has 0 aliphatic heterocycles. The van der Waals surface area contributed by atoms with Crippen molar-refractivity contribution >= 4 is 0 Å². The first kappa shape index (κ1) is 11.1. The fourth-order valence-electron chi connectivity index (χ4n) is 1.27. The number of nitrogens with one attached hydrogen (secondary N) is 2. The molecule has 3 nitrogen and oxygen atoms in total. The Morgan fingerprint density at radius 3 is 2.79 bits per heavy atom. The van der Waals surface area contributed by atoms with Gasteiger partial charge in [0.25, 0.3) is 0 Å². The summed E-state index contributed by atoms with van der Waals surface area (Å²) in [6, 6.07) is 6.00. The Morgan fingerprint density at radius 2 is 2.07 bits per heavy atom. The zero-order valence-corrected chi connectivity index (χ0v) is 8.79. The normalized spacial score (nSPS) is 10.4. The van der Waals surface area contributed by atoms with Crippen LogP contribution < -0.4 is 10.6 Å². The van der Waals surface area contributed by atoms with Crippen LogP contribution in [0.5, 0.6) is 0 Å². The molecule has 1 heterocycles. The van der Waals surface area contributed by atoms with Crippen molar-refractivity contribution < 1.29 is 0 Å². The number of pyridine rings is 1. The summed E-state index contributed by atoms with van der Waals surface area (Å²) in [6.07, 6.45) is 4.28. The summed E-state index contributed by atoms with van der Waals surface area (Å²) in [7, 11) is 1.99. The third kappa shape index (κ3) is 4.94. The molecule has 14 heavy (non-hydrogen) atoms. The second-order valence-corrected chi connectivity index (χ2v) is 3.31. The Morgan fingerprint density at radius 1 is 1.21 bits per heavy atom. The van der Waals surface area contributed by atoms with Gasteiger partial charge < -0.3 is 10.6 Å². The van der Waals surface area contributed by atoms with E-state index >= 15 is 0 Å². The molecule has 0 saturated heterocycles. The van der Waals surface area contributed by atoms with E-state index in [1.807, 2.05) is 31.4 Å². The number of nitrogens with zero attached hydrogens (tertiary/aromatic N) is 1. The first-order valence-electron chi connectivity index (χ1n) is 5.18. The van der Waals surface area contributed by atoms with E-state index in [2.05, 4.69) is 15.6 Å². The lowest BCUT2D eigenvalue weighted by Crippen LogP contribution is -2.17. The number of aromatic nitrogens is 1. The van der Waals surface area contributed by atoms with Crippen molar-refractivity contribution in [3.8, 4) is 0 Å². The number of hydrogen-bond acceptors (Lipinski definition) is 3. The highest BCUT2D eigenvalue weighted by atomic mass is 14.9. The molecule has 0 saturated carbocycles. The minimum absolute atomic E-state index is 0.875. The topological polar surface area (TPSA) is 37.0 Å². The minimum atomic E-state index is 0.875. The zero-order valence-electron chi connectivity index (χ0n) is 8.79. The lowest BCUT2D eigenvalue weighted by molar-refractivity contribution is 0.601. The van der Waals surface area contributed by atoms with Crippen molar-refractivity contribution in [2.75, 3.05) is 20.1 Å². The SMILES string of the molecule is CNCCCCNCc1ccccn1. The Hall–Kier alpha value is -0.930. The molecule has 1 aromatic rings. The standard InChI is InChI=1S/C11H19N3/c1-12-7-4-5-8-13-10-11-6-2-3-9-14-11/h2-3,6,9,12-13H,4-5,7-8,10H2,1H3. The zero-order chi connectivity index (χ0) is 10.1.